The first kappa shape index (κ1) is 22.4. The van der Waals surface area contributed by atoms with Crippen molar-refractivity contribution in [2.24, 2.45) is 0 Å². The molecule has 2 aromatic carbocycles. The van der Waals surface area contributed by atoms with Crippen LogP contribution in [-0.2, 0) is 0 Å². The standard InChI is InChI=1S/C26H22FN5O3/c27-20-7-2-9-22(16-20)34-24-23(28-12-13-29-24)19-6-3-14-32(17-19)25(33)18-5-1-8-21(15-18)35-26-30-10-4-11-31-26/h1-2,4-5,7-13,15-16,19H,3,6,14,17H2/t19-/m0/s1. The van der Waals surface area contributed by atoms with E-state index in [1.54, 1.807) is 66.0 Å². The van der Waals surface area contributed by atoms with Gasteiger partial charge in [-0.1, -0.05) is 12.1 Å². The molecule has 0 bridgehead atoms. The van der Waals surface area contributed by atoms with E-state index in [2.05, 4.69) is 19.9 Å². The first-order valence-corrected chi connectivity index (χ1v) is 11.2. The molecule has 1 amide bonds. The summed E-state index contributed by atoms with van der Waals surface area (Å²) < 4.78 is 25.1. The summed E-state index contributed by atoms with van der Waals surface area (Å²) in [4.78, 5) is 32.0. The van der Waals surface area contributed by atoms with Crippen molar-refractivity contribution in [3.8, 4) is 23.4 Å². The van der Waals surface area contributed by atoms with E-state index < -0.39 is 5.82 Å². The van der Waals surface area contributed by atoms with Gasteiger partial charge in [0.2, 0.25) is 5.88 Å². The number of likely N-dealkylation sites (tertiary alicyclic amines) is 1. The lowest BCUT2D eigenvalue weighted by atomic mass is 9.94. The van der Waals surface area contributed by atoms with Crippen LogP contribution in [0.15, 0.2) is 79.4 Å². The van der Waals surface area contributed by atoms with E-state index in [1.165, 1.54) is 18.3 Å². The highest BCUT2D eigenvalue weighted by Gasteiger charge is 2.29. The van der Waals surface area contributed by atoms with Crippen LogP contribution in [-0.4, -0.2) is 43.8 Å². The van der Waals surface area contributed by atoms with E-state index in [-0.39, 0.29) is 17.8 Å². The number of carbonyl (C=O) groups is 1. The van der Waals surface area contributed by atoms with Gasteiger partial charge in [-0.2, -0.15) is 0 Å². The number of nitrogens with zero attached hydrogens (tertiary/aromatic N) is 5. The molecule has 9 heteroatoms. The largest absolute Gasteiger partial charge is 0.437 e. The van der Waals surface area contributed by atoms with Crippen LogP contribution in [0.25, 0.3) is 0 Å². The summed E-state index contributed by atoms with van der Waals surface area (Å²) in [6.45, 7) is 1.09. The van der Waals surface area contributed by atoms with E-state index in [0.717, 1.165) is 12.8 Å². The van der Waals surface area contributed by atoms with Crippen LogP contribution in [0.2, 0.25) is 0 Å². The Kier molecular flexibility index (Phi) is 6.56. The van der Waals surface area contributed by atoms with Crippen molar-refractivity contribution in [1.82, 2.24) is 24.8 Å². The average molecular weight is 471 g/mol. The third-order valence-electron chi connectivity index (χ3n) is 5.63. The van der Waals surface area contributed by atoms with Crippen molar-refractivity contribution >= 4 is 5.91 Å². The number of amides is 1. The summed E-state index contributed by atoms with van der Waals surface area (Å²) >= 11 is 0. The number of benzene rings is 2. The number of halogens is 1. The second kappa shape index (κ2) is 10.3. The molecule has 3 heterocycles. The minimum absolute atomic E-state index is 0.0675. The molecule has 1 fully saturated rings. The van der Waals surface area contributed by atoms with Gasteiger partial charge in [-0.3, -0.25) is 9.78 Å². The van der Waals surface area contributed by atoms with E-state index in [1.807, 2.05) is 0 Å². The van der Waals surface area contributed by atoms with Crippen molar-refractivity contribution in [3.05, 3.63) is 96.5 Å². The van der Waals surface area contributed by atoms with Crippen molar-refractivity contribution in [3.63, 3.8) is 0 Å². The average Bonchev–Trinajstić information content (AvgIpc) is 2.89. The molecule has 1 saturated heterocycles. The zero-order valence-corrected chi connectivity index (χ0v) is 18.8. The van der Waals surface area contributed by atoms with Crippen molar-refractivity contribution in [2.45, 2.75) is 18.8 Å². The lowest BCUT2D eigenvalue weighted by Gasteiger charge is -2.33. The summed E-state index contributed by atoms with van der Waals surface area (Å²) in [6.07, 6.45) is 7.94. The maximum Gasteiger partial charge on any atom is 0.321 e. The second-order valence-electron chi connectivity index (χ2n) is 8.06. The Balaban J connectivity index is 1.32. The number of piperidine rings is 1. The van der Waals surface area contributed by atoms with E-state index >= 15 is 0 Å². The predicted octanol–water partition coefficient (Wildman–Crippen LogP) is 5.01. The van der Waals surface area contributed by atoms with Gasteiger partial charge in [0, 0.05) is 55.4 Å². The van der Waals surface area contributed by atoms with Gasteiger partial charge in [-0.05, 0) is 49.2 Å². The first-order valence-electron chi connectivity index (χ1n) is 11.2. The highest BCUT2D eigenvalue weighted by Crippen LogP contribution is 2.33. The topological polar surface area (TPSA) is 90.3 Å². The third-order valence-corrected chi connectivity index (χ3v) is 5.63. The summed E-state index contributed by atoms with van der Waals surface area (Å²) in [6, 6.07) is 14.7. The van der Waals surface area contributed by atoms with Crippen LogP contribution in [0.4, 0.5) is 4.39 Å². The molecule has 1 atom stereocenters. The number of hydrogen-bond donors (Lipinski definition) is 0. The summed E-state index contributed by atoms with van der Waals surface area (Å²) in [5.74, 6) is 0.570. The monoisotopic (exact) mass is 471 g/mol. The molecule has 0 radical (unpaired) electrons. The normalized spacial score (nSPS) is 15.5. The molecule has 35 heavy (non-hydrogen) atoms. The predicted molar refractivity (Wildman–Crippen MR) is 125 cm³/mol. The van der Waals surface area contributed by atoms with Gasteiger partial charge in [0.1, 0.15) is 23.0 Å². The number of carbonyl (C=O) groups excluding carboxylic acids is 1. The maximum atomic E-state index is 13.6. The molecule has 0 saturated carbocycles. The fourth-order valence-corrected chi connectivity index (χ4v) is 4.04. The second-order valence-corrected chi connectivity index (χ2v) is 8.06. The number of ether oxygens (including phenoxy) is 2. The fraction of sp³-hybridized carbons (Fsp3) is 0.192. The Morgan fingerprint density at radius 1 is 0.886 bits per heavy atom. The van der Waals surface area contributed by atoms with Crippen LogP contribution in [0.1, 0.15) is 34.8 Å². The highest BCUT2D eigenvalue weighted by molar-refractivity contribution is 5.94. The molecular weight excluding hydrogens is 449 g/mol. The number of rotatable bonds is 6. The van der Waals surface area contributed by atoms with Crippen molar-refractivity contribution in [1.29, 1.82) is 0 Å². The van der Waals surface area contributed by atoms with Crippen molar-refractivity contribution < 1.29 is 18.7 Å². The molecule has 0 N–H and O–H groups in total. The fourth-order valence-electron chi connectivity index (χ4n) is 4.04. The molecule has 176 valence electrons. The Morgan fingerprint density at radius 2 is 1.66 bits per heavy atom. The summed E-state index contributed by atoms with van der Waals surface area (Å²) in [5, 5.41) is 0. The Hall–Kier alpha value is -4.40. The number of hydrogen-bond acceptors (Lipinski definition) is 7. The number of aromatic nitrogens is 4. The zero-order valence-electron chi connectivity index (χ0n) is 18.8. The zero-order chi connectivity index (χ0) is 24.0. The van der Waals surface area contributed by atoms with E-state index in [4.69, 9.17) is 9.47 Å². The van der Waals surface area contributed by atoms with Crippen LogP contribution < -0.4 is 9.47 Å². The minimum Gasteiger partial charge on any atom is -0.437 e. The SMILES string of the molecule is O=C(c1cccc(Oc2ncccn2)c1)N1CCC[C@H](c2nccnc2Oc2cccc(F)c2)C1. The Bertz CT molecular complexity index is 1320. The van der Waals surface area contributed by atoms with E-state index in [9.17, 15) is 9.18 Å². The molecule has 0 spiro atoms. The lowest BCUT2D eigenvalue weighted by molar-refractivity contribution is 0.0704. The molecule has 5 rings (SSSR count). The summed E-state index contributed by atoms with van der Waals surface area (Å²) in [5.41, 5.74) is 1.15. The van der Waals surface area contributed by atoms with Crippen molar-refractivity contribution in [2.75, 3.05) is 13.1 Å². The van der Waals surface area contributed by atoms with Crippen LogP contribution in [0, 0.1) is 5.82 Å². The summed E-state index contributed by atoms with van der Waals surface area (Å²) in [7, 11) is 0. The van der Waals surface area contributed by atoms with Gasteiger partial charge in [-0.25, -0.2) is 19.3 Å². The van der Waals surface area contributed by atoms with Crippen LogP contribution in [0.5, 0.6) is 23.4 Å². The lowest BCUT2D eigenvalue weighted by Crippen LogP contribution is -2.39. The minimum atomic E-state index is -0.396. The Labute approximate surface area is 201 Å². The van der Waals surface area contributed by atoms with E-state index in [0.29, 0.717) is 41.7 Å². The van der Waals surface area contributed by atoms with Crippen LogP contribution >= 0.6 is 0 Å². The molecule has 4 aromatic rings. The van der Waals surface area contributed by atoms with Gasteiger partial charge in [-0.15, -0.1) is 0 Å². The van der Waals surface area contributed by atoms with Gasteiger partial charge in [0.25, 0.3) is 5.91 Å². The molecular formula is C26H22FN5O3. The Morgan fingerprint density at radius 3 is 2.49 bits per heavy atom. The molecule has 8 nitrogen and oxygen atoms in total. The highest BCUT2D eigenvalue weighted by atomic mass is 19.1. The van der Waals surface area contributed by atoms with Gasteiger partial charge >= 0.3 is 6.01 Å². The quantitative estimate of drug-likeness (QED) is 0.390. The molecule has 0 aliphatic carbocycles. The first-order chi connectivity index (χ1) is 17.2. The van der Waals surface area contributed by atoms with Crippen LogP contribution in [0.3, 0.4) is 0 Å². The third kappa shape index (κ3) is 5.40. The molecule has 1 aliphatic heterocycles. The van der Waals surface area contributed by atoms with Gasteiger partial charge < -0.3 is 14.4 Å². The van der Waals surface area contributed by atoms with Gasteiger partial charge in [0.15, 0.2) is 0 Å². The molecule has 0 unspecified atom stereocenters. The molecule has 2 aromatic heterocycles. The smallest absolute Gasteiger partial charge is 0.321 e. The molecule has 1 aliphatic rings. The maximum absolute atomic E-state index is 13.6. The van der Waals surface area contributed by atoms with Gasteiger partial charge in [0.05, 0.1) is 0 Å².